The minimum Gasteiger partial charge on any atom is -0.444 e. The largest absolute Gasteiger partial charge is 0.444 e. The lowest BCUT2D eigenvalue weighted by Crippen LogP contribution is -2.49. The number of hydrogen-bond acceptors (Lipinski definition) is 7. The lowest BCUT2D eigenvalue weighted by Gasteiger charge is -2.39. The normalized spacial score (nSPS) is 23.1. The zero-order valence-electron chi connectivity index (χ0n) is 20.6. The Labute approximate surface area is 201 Å². The number of imide groups is 1. The molecule has 9 nitrogen and oxygen atoms in total. The molecule has 34 heavy (non-hydrogen) atoms. The summed E-state index contributed by atoms with van der Waals surface area (Å²) in [6, 6.07) is 3.88. The van der Waals surface area contributed by atoms with Crippen LogP contribution in [0.2, 0.25) is 0 Å². The van der Waals surface area contributed by atoms with Gasteiger partial charge in [-0.1, -0.05) is 0 Å². The minimum atomic E-state index is -0.455. The van der Waals surface area contributed by atoms with E-state index < -0.39 is 5.60 Å². The predicted octanol–water partition coefficient (Wildman–Crippen LogP) is 2.37. The third-order valence-electron chi connectivity index (χ3n) is 6.89. The first kappa shape index (κ1) is 24.4. The first-order valence-corrected chi connectivity index (χ1v) is 12.4. The van der Waals surface area contributed by atoms with Crippen LogP contribution in [0.4, 0.5) is 10.6 Å². The number of rotatable bonds is 4. The molecule has 1 atom stereocenters. The number of carbonyl (C=O) groups is 3. The Kier molecular flexibility index (Phi) is 7.40. The summed E-state index contributed by atoms with van der Waals surface area (Å²) in [6.07, 6.45) is 4.51. The van der Waals surface area contributed by atoms with Crippen LogP contribution in [0, 0.1) is 5.92 Å². The van der Waals surface area contributed by atoms with Crippen molar-refractivity contribution in [3.05, 3.63) is 23.9 Å². The molecule has 0 radical (unpaired) electrons. The summed E-state index contributed by atoms with van der Waals surface area (Å²) in [5.74, 6) is 0.803. The van der Waals surface area contributed by atoms with E-state index in [0.717, 1.165) is 70.0 Å². The fourth-order valence-electron chi connectivity index (χ4n) is 4.98. The van der Waals surface area contributed by atoms with Gasteiger partial charge in [-0.3, -0.25) is 19.8 Å². The molecule has 4 rings (SSSR count). The zero-order valence-corrected chi connectivity index (χ0v) is 20.6. The number of piperazine rings is 1. The van der Waals surface area contributed by atoms with E-state index in [2.05, 4.69) is 20.1 Å². The van der Waals surface area contributed by atoms with Crippen molar-refractivity contribution in [2.24, 2.45) is 5.92 Å². The highest BCUT2D eigenvalue weighted by Crippen LogP contribution is 2.27. The van der Waals surface area contributed by atoms with Gasteiger partial charge in [-0.2, -0.15) is 0 Å². The summed E-state index contributed by atoms with van der Waals surface area (Å²) in [5.41, 5.74) is 0.471. The first-order chi connectivity index (χ1) is 16.2. The Bertz CT molecular complexity index is 899. The van der Waals surface area contributed by atoms with Crippen molar-refractivity contribution in [2.45, 2.75) is 58.0 Å². The van der Waals surface area contributed by atoms with Crippen LogP contribution in [-0.4, -0.2) is 84.1 Å². The van der Waals surface area contributed by atoms with Gasteiger partial charge in [0, 0.05) is 58.4 Å². The molecule has 3 amide bonds. The molecule has 1 unspecified atom stereocenters. The number of carbonyl (C=O) groups excluding carboxylic acids is 3. The van der Waals surface area contributed by atoms with Crippen molar-refractivity contribution >= 4 is 23.7 Å². The molecule has 3 aliphatic rings. The molecule has 3 aliphatic heterocycles. The van der Waals surface area contributed by atoms with Gasteiger partial charge < -0.3 is 14.5 Å². The van der Waals surface area contributed by atoms with Crippen molar-refractivity contribution in [2.75, 3.05) is 50.7 Å². The van der Waals surface area contributed by atoms with Gasteiger partial charge in [-0.15, -0.1) is 0 Å². The van der Waals surface area contributed by atoms with Crippen LogP contribution >= 0.6 is 0 Å². The standard InChI is InChI=1S/C25H37N5O4/c1-25(2,3)34-24(33)30-10-7-18(8-11-30)17-28-12-14-29(15-13-28)21-16-19(6-9-26-21)20-4-5-22(31)27-23(20)32/h6,9,16,18,20H,4-5,7-8,10-15,17H2,1-3H3,(H,27,31,32). The van der Waals surface area contributed by atoms with Gasteiger partial charge in [-0.25, -0.2) is 9.78 Å². The van der Waals surface area contributed by atoms with Gasteiger partial charge in [0.25, 0.3) is 0 Å². The Balaban J connectivity index is 1.23. The fourth-order valence-corrected chi connectivity index (χ4v) is 4.98. The second-order valence-electron chi connectivity index (χ2n) is 10.6. The number of nitrogens with one attached hydrogen (secondary N) is 1. The Morgan fingerprint density at radius 1 is 1.09 bits per heavy atom. The number of hydrogen-bond donors (Lipinski definition) is 1. The molecular formula is C25H37N5O4. The van der Waals surface area contributed by atoms with Gasteiger partial charge in [0.15, 0.2) is 0 Å². The Hall–Kier alpha value is -2.68. The van der Waals surface area contributed by atoms with E-state index in [1.165, 1.54) is 0 Å². The summed E-state index contributed by atoms with van der Waals surface area (Å²) >= 11 is 0. The number of likely N-dealkylation sites (tertiary alicyclic amines) is 1. The second-order valence-corrected chi connectivity index (χ2v) is 10.6. The smallest absolute Gasteiger partial charge is 0.410 e. The number of pyridine rings is 1. The molecule has 1 N–H and O–H groups in total. The molecule has 186 valence electrons. The topological polar surface area (TPSA) is 95.1 Å². The lowest BCUT2D eigenvalue weighted by atomic mass is 9.91. The van der Waals surface area contributed by atoms with E-state index in [-0.39, 0.29) is 23.8 Å². The van der Waals surface area contributed by atoms with E-state index in [1.54, 1.807) is 6.20 Å². The first-order valence-electron chi connectivity index (χ1n) is 12.4. The summed E-state index contributed by atoms with van der Waals surface area (Å²) in [4.78, 5) is 47.1. The molecule has 4 heterocycles. The van der Waals surface area contributed by atoms with Crippen molar-refractivity contribution in [3.63, 3.8) is 0 Å². The van der Waals surface area contributed by atoms with Crippen LogP contribution in [0.15, 0.2) is 18.3 Å². The van der Waals surface area contributed by atoms with Crippen LogP contribution in [0.1, 0.15) is 57.9 Å². The molecular weight excluding hydrogens is 434 g/mol. The molecule has 1 aromatic heterocycles. The van der Waals surface area contributed by atoms with E-state index in [0.29, 0.717) is 18.8 Å². The summed E-state index contributed by atoms with van der Waals surface area (Å²) in [7, 11) is 0. The number of ether oxygens (including phenoxy) is 1. The number of anilines is 1. The zero-order chi connectivity index (χ0) is 24.3. The maximum atomic E-state index is 12.3. The van der Waals surface area contributed by atoms with Crippen molar-refractivity contribution in [3.8, 4) is 0 Å². The van der Waals surface area contributed by atoms with E-state index in [1.807, 2.05) is 37.8 Å². The third kappa shape index (κ3) is 6.25. The molecule has 0 aromatic carbocycles. The summed E-state index contributed by atoms with van der Waals surface area (Å²) < 4.78 is 5.50. The molecule has 0 bridgehead atoms. The molecule has 3 saturated heterocycles. The van der Waals surface area contributed by atoms with Gasteiger partial charge in [0.2, 0.25) is 11.8 Å². The maximum Gasteiger partial charge on any atom is 0.410 e. The maximum absolute atomic E-state index is 12.3. The monoisotopic (exact) mass is 471 g/mol. The van der Waals surface area contributed by atoms with E-state index in [4.69, 9.17) is 4.74 Å². The lowest BCUT2D eigenvalue weighted by molar-refractivity contribution is -0.134. The number of aromatic nitrogens is 1. The summed E-state index contributed by atoms with van der Waals surface area (Å²) in [6.45, 7) is 12.0. The molecule has 0 aliphatic carbocycles. The quantitative estimate of drug-likeness (QED) is 0.674. The molecule has 3 fully saturated rings. The molecule has 0 spiro atoms. The fraction of sp³-hybridized carbons (Fsp3) is 0.680. The SMILES string of the molecule is CC(C)(C)OC(=O)N1CCC(CN2CCN(c3cc(C4CCC(=O)NC4=O)ccn3)CC2)CC1. The number of amides is 3. The van der Waals surface area contributed by atoms with Crippen LogP contribution in [0.25, 0.3) is 0 Å². The van der Waals surface area contributed by atoms with Gasteiger partial charge in [-0.05, 0) is 63.6 Å². The van der Waals surface area contributed by atoms with Crippen molar-refractivity contribution in [1.82, 2.24) is 20.1 Å². The van der Waals surface area contributed by atoms with Crippen LogP contribution in [0.5, 0.6) is 0 Å². The van der Waals surface area contributed by atoms with Gasteiger partial charge in [0.05, 0.1) is 5.92 Å². The van der Waals surface area contributed by atoms with E-state index in [9.17, 15) is 14.4 Å². The number of piperidine rings is 2. The molecule has 0 saturated carbocycles. The van der Waals surface area contributed by atoms with E-state index >= 15 is 0 Å². The average Bonchev–Trinajstić information content (AvgIpc) is 2.79. The third-order valence-corrected chi connectivity index (χ3v) is 6.89. The van der Waals surface area contributed by atoms with Gasteiger partial charge >= 0.3 is 6.09 Å². The highest BCUT2D eigenvalue weighted by atomic mass is 16.6. The second kappa shape index (κ2) is 10.3. The minimum absolute atomic E-state index is 0.192. The average molecular weight is 472 g/mol. The predicted molar refractivity (Wildman–Crippen MR) is 129 cm³/mol. The van der Waals surface area contributed by atoms with Crippen LogP contribution < -0.4 is 10.2 Å². The van der Waals surface area contributed by atoms with Crippen LogP contribution in [0.3, 0.4) is 0 Å². The van der Waals surface area contributed by atoms with Crippen LogP contribution in [-0.2, 0) is 14.3 Å². The van der Waals surface area contributed by atoms with Crippen molar-refractivity contribution < 1.29 is 19.1 Å². The summed E-state index contributed by atoms with van der Waals surface area (Å²) in [5, 5.41) is 2.44. The van der Waals surface area contributed by atoms with Gasteiger partial charge in [0.1, 0.15) is 11.4 Å². The number of nitrogens with zero attached hydrogens (tertiary/aromatic N) is 4. The Morgan fingerprint density at radius 3 is 2.44 bits per heavy atom. The molecule has 9 heteroatoms. The van der Waals surface area contributed by atoms with Crippen molar-refractivity contribution in [1.29, 1.82) is 0 Å². The Morgan fingerprint density at radius 2 is 1.79 bits per heavy atom. The highest BCUT2D eigenvalue weighted by molar-refractivity contribution is 6.00. The molecule has 1 aromatic rings. The highest BCUT2D eigenvalue weighted by Gasteiger charge is 2.30.